The molecule has 0 bridgehead atoms. The maximum absolute atomic E-state index is 10.9. The van der Waals surface area contributed by atoms with Gasteiger partial charge >= 0.3 is 5.97 Å². The molecule has 17 heavy (non-hydrogen) atoms. The molecule has 0 aliphatic heterocycles. The number of hydrogen-bond donors (Lipinski definition) is 1. The van der Waals surface area contributed by atoms with E-state index in [0.717, 1.165) is 12.8 Å². The Morgan fingerprint density at radius 3 is 2.18 bits per heavy atom. The van der Waals surface area contributed by atoms with Crippen LogP contribution in [0.1, 0.15) is 58.3 Å². The molecule has 0 aromatic carbocycles. The Kier molecular flexibility index (Phi) is 4.08. The Bertz CT molecular complexity index is 257. The average Bonchev–Trinajstić information content (AvgIpc) is 2.33. The summed E-state index contributed by atoms with van der Waals surface area (Å²) in [5.74, 6) is 0.391. The molecule has 0 saturated heterocycles. The third-order valence-electron chi connectivity index (χ3n) is 4.75. The van der Waals surface area contributed by atoms with Crippen LogP contribution in [0.3, 0.4) is 0 Å². The van der Waals surface area contributed by atoms with E-state index in [1.807, 2.05) is 0 Å². The van der Waals surface area contributed by atoms with Crippen LogP contribution in [0.5, 0.6) is 0 Å². The minimum atomic E-state index is -0.144. The normalized spacial score (nSPS) is 38.0. The van der Waals surface area contributed by atoms with Crippen LogP contribution in [-0.4, -0.2) is 23.8 Å². The Labute approximate surface area is 104 Å². The fourth-order valence-corrected chi connectivity index (χ4v) is 3.53. The van der Waals surface area contributed by atoms with Crippen LogP contribution in [-0.2, 0) is 9.53 Å². The van der Waals surface area contributed by atoms with Crippen LogP contribution in [0, 0.1) is 11.3 Å². The van der Waals surface area contributed by atoms with E-state index in [4.69, 9.17) is 9.84 Å². The van der Waals surface area contributed by atoms with E-state index in [0.29, 0.717) is 17.9 Å². The summed E-state index contributed by atoms with van der Waals surface area (Å²) in [6.07, 6.45) is 9.48. The van der Waals surface area contributed by atoms with Crippen molar-refractivity contribution in [1.29, 1.82) is 0 Å². The van der Waals surface area contributed by atoms with Crippen LogP contribution in [0.25, 0.3) is 0 Å². The monoisotopic (exact) mass is 240 g/mol. The van der Waals surface area contributed by atoms with Crippen molar-refractivity contribution in [2.45, 2.75) is 64.4 Å². The highest BCUT2D eigenvalue weighted by atomic mass is 16.5. The molecule has 0 radical (unpaired) electrons. The van der Waals surface area contributed by atoms with Gasteiger partial charge in [0.2, 0.25) is 0 Å². The second-order valence-electron chi connectivity index (χ2n) is 5.93. The predicted octanol–water partition coefficient (Wildman–Crippen LogP) is 2.66. The van der Waals surface area contributed by atoms with Crippen molar-refractivity contribution in [3.05, 3.63) is 0 Å². The molecular weight excluding hydrogens is 216 g/mol. The summed E-state index contributed by atoms with van der Waals surface area (Å²) in [4.78, 5) is 10.9. The van der Waals surface area contributed by atoms with E-state index >= 15 is 0 Å². The van der Waals surface area contributed by atoms with Crippen molar-refractivity contribution in [3.8, 4) is 0 Å². The van der Waals surface area contributed by atoms with Gasteiger partial charge in [0.15, 0.2) is 0 Å². The maximum Gasteiger partial charge on any atom is 0.302 e. The van der Waals surface area contributed by atoms with Gasteiger partial charge in [-0.3, -0.25) is 4.79 Å². The molecule has 3 nitrogen and oxygen atoms in total. The standard InChI is InChI=1S/C14H24O3/c1-11(16)17-13-4-8-14(9-5-13)6-2-12(10-15)3-7-14/h12-13,15H,2-10H2,1H3. The molecule has 1 spiro atoms. The number of carbonyl (C=O) groups excluding carboxylic acids is 1. The fourth-order valence-electron chi connectivity index (χ4n) is 3.53. The molecule has 0 amide bonds. The molecule has 0 atom stereocenters. The highest BCUT2D eigenvalue weighted by Gasteiger charge is 2.38. The molecule has 3 heteroatoms. The van der Waals surface area contributed by atoms with Gasteiger partial charge in [-0.05, 0) is 62.7 Å². The predicted molar refractivity (Wildman–Crippen MR) is 65.5 cm³/mol. The van der Waals surface area contributed by atoms with E-state index in [2.05, 4.69) is 0 Å². The quantitative estimate of drug-likeness (QED) is 0.755. The summed E-state index contributed by atoms with van der Waals surface area (Å²) in [7, 11) is 0. The Balaban J connectivity index is 1.80. The summed E-state index contributed by atoms with van der Waals surface area (Å²) >= 11 is 0. The molecule has 0 unspecified atom stereocenters. The zero-order valence-electron chi connectivity index (χ0n) is 10.8. The van der Waals surface area contributed by atoms with Gasteiger partial charge in [-0.25, -0.2) is 0 Å². The van der Waals surface area contributed by atoms with Crippen molar-refractivity contribution >= 4 is 5.97 Å². The molecule has 2 fully saturated rings. The van der Waals surface area contributed by atoms with Gasteiger partial charge in [-0.15, -0.1) is 0 Å². The first-order valence-corrected chi connectivity index (χ1v) is 6.92. The Morgan fingerprint density at radius 1 is 1.18 bits per heavy atom. The zero-order chi connectivity index (χ0) is 12.3. The number of hydrogen-bond acceptors (Lipinski definition) is 3. The van der Waals surface area contributed by atoms with Gasteiger partial charge in [-0.1, -0.05) is 0 Å². The third-order valence-corrected chi connectivity index (χ3v) is 4.75. The topological polar surface area (TPSA) is 46.5 Å². The first-order valence-electron chi connectivity index (χ1n) is 6.92. The number of esters is 1. The van der Waals surface area contributed by atoms with Crippen LogP contribution < -0.4 is 0 Å². The summed E-state index contributed by atoms with van der Waals surface area (Å²) in [6.45, 7) is 1.85. The number of ether oxygens (including phenoxy) is 1. The number of aliphatic hydroxyl groups excluding tert-OH is 1. The Morgan fingerprint density at radius 2 is 1.71 bits per heavy atom. The molecular formula is C14H24O3. The summed E-state index contributed by atoms with van der Waals surface area (Å²) in [5.41, 5.74) is 0.502. The van der Waals surface area contributed by atoms with Gasteiger partial charge in [0.1, 0.15) is 6.10 Å². The van der Waals surface area contributed by atoms with Crippen molar-refractivity contribution in [2.24, 2.45) is 11.3 Å². The largest absolute Gasteiger partial charge is 0.463 e. The second-order valence-corrected chi connectivity index (χ2v) is 5.93. The molecule has 0 aromatic heterocycles. The first kappa shape index (κ1) is 12.9. The van der Waals surface area contributed by atoms with Crippen LogP contribution in [0.15, 0.2) is 0 Å². The lowest BCUT2D eigenvalue weighted by atomic mass is 9.63. The highest BCUT2D eigenvalue weighted by molar-refractivity contribution is 5.66. The lowest BCUT2D eigenvalue weighted by Crippen LogP contribution is -2.35. The van der Waals surface area contributed by atoms with E-state index in [1.165, 1.54) is 45.4 Å². The van der Waals surface area contributed by atoms with Crippen molar-refractivity contribution in [3.63, 3.8) is 0 Å². The van der Waals surface area contributed by atoms with Crippen LogP contribution in [0.2, 0.25) is 0 Å². The van der Waals surface area contributed by atoms with Gasteiger partial charge < -0.3 is 9.84 Å². The highest BCUT2D eigenvalue weighted by Crippen LogP contribution is 2.49. The van der Waals surface area contributed by atoms with E-state index in [9.17, 15) is 4.79 Å². The fraction of sp³-hybridized carbons (Fsp3) is 0.929. The van der Waals surface area contributed by atoms with E-state index < -0.39 is 0 Å². The molecule has 98 valence electrons. The molecule has 0 aromatic rings. The van der Waals surface area contributed by atoms with Gasteiger partial charge in [0.05, 0.1) is 0 Å². The molecule has 2 aliphatic rings. The summed E-state index contributed by atoms with van der Waals surface area (Å²) in [6, 6.07) is 0. The second kappa shape index (κ2) is 5.38. The molecule has 2 saturated carbocycles. The first-order chi connectivity index (χ1) is 8.13. The molecule has 1 N–H and O–H groups in total. The van der Waals surface area contributed by atoms with Gasteiger partial charge in [0, 0.05) is 13.5 Å². The number of rotatable bonds is 2. The smallest absolute Gasteiger partial charge is 0.302 e. The molecule has 2 aliphatic carbocycles. The Hall–Kier alpha value is -0.570. The van der Waals surface area contributed by atoms with Gasteiger partial charge in [0.25, 0.3) is 0 Å². The lowest BCUT2D eigenvalue weighted by molar-refractivity contribution is -0.149. The SMILES string of the molecule is CC(=O)OC1CCC2(CCC(CO)CC2)CC1. The maximum atomic E-state index is 10.9. The number of aliphatic hydroxyl groups is 1. The molecule has 0 heterocycles. The lowest BCUT2D eigenvalue weighted by Gasteiger charge is -2.44. The zero-order valence-corrected chi connectivity index (χ0v) is 10.8. The van der Waals surface area contributed by atoms with Crippen molar-refractivity contribution in [2.75, 3.05) is 6.61 Å². The van der Waals surface area contributed by atoms with E-state index in [1.54, 1.807) is 0 Å². The van der Waals surface area contributed by atoms with Crippen LogP contribution in [0.4, 0.5) is 0 Å². The van der Waals surface area contributed by atoms with E-state index in [-0.39, 0.29) is 12.1 Å². The minimum Gasteiger partial charge on any atom is -0.463 e. The van der Waals surface area contributed by atoms with Crippen molar-refractivity contribution < 1.29 is 14.6 Å². The minimum absolute atomic E-state index is 0.144. The van der Waals surface area contributed by atoms with Crippen LogP contribution >= 0.6 is 0 Å². The van der Waals surface area contributed by atoms with Crippen molar-refractivity contribution in [1.82, 2.24) is 0 Å². The van der Waals surface area contributed by atoms with Gasteiger partial charge in [-0.2, -0.15) is 0 Å². The summed E-state index contributed by atoms with van der Waals surface area (Å²) in [5, 5.41) is 9.16. The average molecular weight is 240 g/mol. The summed E-state index contributed by atoms with van der Waals surface area (Å²) < 4.78 is 5.29. The number of carbonyl (C=O) groups is 1. The molecule has 2 rings (SSSR count). The third kappa shape index (κ3) is 3.21.